The Hall–Kier alpha value is -2.21. The third kappa shape index (κ3) is 3.03. The van der Waals surface area contributed by atoms with Crippen LogP contribution in [0.5, 0.6) is 0 Å². The molecule has 0 atom stereocenters. The Balaban J connectivity index is 2.34. The molecule has 6 nitrogen and oxygen atoms in total. The number of hydrogen-bond acceptors (Lipinski definition) is 6. The van der Waals surface area contributed by atoms with Gasteiger partial charge in [-0.3, -0.25) is 4.98 Å². The van der Waals surface area contributed by atoms with E-state index in [1.807, 2.05) is 26.0 Å². The fourth-order valence-corrected chi connectivity index (χ4v) is 2.11. The lowest BCUT2D eigenvalue weighted by Gasteiger charge is -2.24. The number of aryl methyl sites for hydroxylation is 1. The van der Waals surface area contributed by atoms with E-state index in [-0.39, 0.29) is 0 Å². The number of rotatable bonds is 5. The molecule has 0 spiro atoms. The van der Waals surface area contributed by atoms with Crippen LogP contribution in [0.4, 0.5) is 11.6 Å². The molecule has 106 valence electrons. The van der Waals surface area contributed by atoms with Gasteiger partial charge in [0.15, 0.2) is 0 Å². The monoisotopic (exact) mass is 272 g/mol. The second kappa shape index (κ2) is 6.29. The molecule has 0 aliphatic carbocycles. The summed E-state index contributed by atoms with van der Waals surface area (Å²) in [4.78, 5) is 15.1. The zero-order chi connectivity index (χ0) is 14.5. The Bertz CT molecular complexity index is 569. The molecule has 0 fully saturated rings. The molecule has 0 unspecified atom stereocenters. The predicted molar refractivity (Wildman–Crippen MR) is 80.3 cm³/mol. The van der Waals surface area contributed by atoms with Gasteiger partial charge in [-0.25, -0.2) is 15.8 Å². The summed E-state index contributed by atoms with van der Waals surface area (Å²) in [5.74, 6) is 7.79. The minimum atomic E-state index is 0.667. The van der Waals surface area contributed by atoms with Gasteiger partial charge in [0.05, 0.1) is 0 Å². The number of pyridine rings is 1. The maximum absolute atomic E-state index is 5.52. The molecule has 0 aliphatic rings. The molecule has 6 heteroatoms. The van der Waals surface area contributed by atoms with Gasteiger partial charge in [0.25, 0.3) is 0 Å². The van der Waals surface area contributed by atoms with E-state index in [9.17, 15) is 0 Å². The van der Waals surface area contributed by atoms with Crippen molar-refractivity contribution in [1.82, 2.24) is 15.0 Å². The summed E-state index contributed by atoms with van der Waals surface area (Å²) >= 11 is 0. The number of hydrogen-bond donors (Lipinski definition) is 2. The second-order valence-electron chi connectivity index (χ2n) is 4.58. The van der Waals surface area contributed by atoms with Crippen LogP contribution in [0, 0.1) is 13.8 Å². The first-order chi connectivity index (χ1) is 9.65. The number of nitrogens with one attached hydrogen (secondary N) is 1. The number of nitrogens with two attached hydrogens (primary N) is 1. The van der Waals surface area contributed by atoms with Crippen LogP contribution in [0.1, 0.15) is 23.9 Å². The van der Waals surface area contributed by atoms with Gasteiger partial charge in [-0.05, 0) is 38.5 Å². The molecular weight excluding hydrogens is 252 g/mol. The zero-order valence-corrected chi connectivity index (χ0v) is 12.1. The maximum Gasteiger partial charge on any atom is 0.148 e. The van der Waals surface area contributed by atoms with Gasteiger partial charge in [0.1, 0.15) is 17.5 Å². The van der Waals surface area contributed by atoms with Crippen molar-refractivity contribution in [2.75, 3.05) is 16.9 Å². The SMILES string of the molecule is CCN(Cc1ccncc1)c1nc(C)nc(NN)c1C. The van der Waals surface area contributed by atoms with Gasteiger partial charge < -0.3 is 10.3 Å². The van der Waals surface area contributed by atoms with Crippen molar-refractivity contribution in [3.05, 3.63) is 41.5 Å². The molecule has 0 radical (unpaired) electrons. The van der Waals surface area contributed by atoms with Gasteiger partial charge in [0, 0.05) is 31.0 Å². The Morgan fingerprint density at radius 3 is 2.50 bits per heavy atom. The van der Waals surface area contributed by atoms with Crippen LogP contribution in [0.2, 0.25) is 0 Å². The van der Waals surface area contributed by atoms with Crippen LogP contribution in [-0.4, -0.2) is 21.5 Å². The molecule has 20 heavy (non-hydrogen) atoms. The van der Waals surface area contributed by atoms with E-state index in [1.165, 1.54) is 5.56 Å². The molecule has 2 heterocycles. The van der Waals surface area contributed by atoms with Crippen LogP contribution in [0.3, 0.4) is 0 Å². The van der Waals surface area contributed by atoms with Crippen LogP contribution >= 0.6 is 0 Å². The molecule has 0 bridgehead atoms. The lowest BCUT2D eigenvalue weighted by Crippen LogP contribution is -2.25. The number of nitrogens with zero attached hydrogens (tertiary/aromatic N) is 4. The highest BCUT2D eigenvalue weighted by atomic mass is 15.3. The summed E-state index contributed by atoms with van der Waals surface area (Å²) in [6.07, 6.45) is 3.60. The summed E-state index contributed by atoms with van der Waals surface area (Å²) in [7, 11) is 0. The molecule has 0 saturated carbocycles. The van der Waals surface area contributed by atoms with Crippen molar-refractivity contribution >= 4 is 11.6 Å². The zero-order valence-electron chi connectivity index (χ0n) is 12.1. The third-order valence-corrected chi connectivity index (χ3v) is 3.17. The maximum atomic E-state index is 5.52. The molecule has 0 aliphatic heterocycles. The summed E-state index contributed by atoms with van der Waals surface area (Å²) < 4.78 is 0. The lowest BCUT2D eigenvalue weighted by atomic mass is 10.2. The molecule has 2 aromatic rings. The topological polar surface area (TPSA) is 80.0 Å². The van der Waals surface area contributed by atoms with Crippen molar-refractivity contribution in [3.63, 3.8) is 0 Å². The average Bonchev–Trinajstić information content (AvgIpc) is 2.48. The largest absolute Gasteiger partial charge is 0.352 e. The highest BCUT2D eigenvalue weighted by Gasteiger charge is 2.14. The lowest BCUT2D eigenvalue weighted by molar-refractivity contribution is 0.797. The minimum Gasteiger partial charge on any atom is -0.352 e. The molecular formula is C14H20N6. The second-order valence-corrected chi connectivity index (χ2v) is 4.58. The van der Waals surface area contributed by atoms with Crippen molar-refractivity contribution in [1.29, 1.82) is 0 Å². The van der Waals surface area contributed by atoms with E-state index >= 15 is 0 Å². The Morgan fingerprint density at radius 1 is 1.20 bits per heavy atom. The highest BCUT2D eigenvalue weighted by Crippen LogP contribution is 2.24. The Kier molecular flexibility index (Phi) is 4.47. The normalized spacial score (nSPS) is 10.4. The van der Waals surface area contributed by atoms with Crippen LogP contribution in [0.15, 0.2) is 24.5 Å². The van der Waals surface area contributed by atoms with E-state index in [0.29, 0.717) is 11.6 Å². The molecule has 2 rings (SSSR count). The third-order valence-electron chi connectivity index (χ3n) is 3.17. The summed E-state index contributed by atoms with van der Waals surface area (Å²) in [5, 5.41) is 0. The smallest absolute Gasteiger partial charge is 0.148 e. The highest BCUT2D eigenvalue weighted by molar-refractivity contribution is 5.58. The van der Waals surface area contributed by atoms with Gasteiger partial charge in [-0.15, -0.1) is 0 Å². The predicted octanol–water partition coefficient (Wildman–Crippen LogP) is 1.80. The first kappa shape index (κ1) is 14.2. The van der Waals surface area contributed by atoms with Crippen molar-refractivity contribution in [3.8, 4) is 0 Å². The van der Waals surface area contributed by atoms with Gasteiger partial charge in [0.2, 0.25) is 0 Å². The summed E-state index contributed by atoms with van der Waals surface area (Å²) in [5.41, 5.74) is 4.78. The first-order valence-corrected chi connectivity index (χ1v) is 6.61. The molecule has 0 amide bonds. The van der Waals surface area contributed by atoms with Crippen molar-refractivity contribution in [2.45, 2.75) is 27.3 Å². The summed E-state index contributed by atoms with van der Waals surface area (Å²) in [6.45, 7) is 7.57. The van der Waals surface area contributed by atoms with Crippen molar-refractivity contribution in [2.24, 2.45) is 5.84 Å². The average molecular weight is 272 g/mol. The number of aromatic nitrogens is 3. The van der Waals surface area contributed by atoms with Crippen LogP contribution < -0.4 is 16.2 Å². The number of hydrazine groups is 1. The fourth-order valence-electron chi connectivity index (χ4n) is 2.11. The standard InChI is InChI=1S/C14H20N6/c1-4-20(9-12-5-7-16-8-6-12)14-10(2)13(19-15)17-11(3)18-14/h5-8H,4,9,15H2,1-3H3,(H,17,18,19). The van der Waals surface area contributed by atoms with E-state index in [2.05, 4.69) is 32.2 Å². The van der Waals surface area contributed by atoms with Gasteiger partial charge >= 0.3 is 0 Å². The van der Waals surface area contributed by atoms with E-state index in [1.54, 1.807) is 12.4 Å². The van der Waals surface area contributed by atoms with E-state index in [0.717, 1.165) is 24.5 Å². The number of nitrogen functional groups attached to an aromatic ring is 1. The molecule has 2 aromatic heterocycles. The Morgan fingerprint density at radius 2 is 1.90 bits per heavy atom. The van der Waals surface area contributed by atoms with Gasteiger partial charge in [-0.2, -0.15) is 0 Å². The van der Waals surface area contributed by atoms with Crippen LogP contribution in [0.25, 0.3) is 0 Å². The first-order valence-electron chi connectivity index (χ1n) is 6.61. The van der Waals surface area contributed by atoms with Crippen LogP contribution in [-0.2, 0) is 6.54 Å². The molecule has 3 N–H and O–H groups in total. The number of anilines is 2. The van der Waals surface area contributed by atoms with Gasteiger partial charge in [-0.1, -0.05) is 0 Å². The molecule has 0 saturated heterocycles. The Labute approximate surface area is 119 Å². The van der Waals surface area contributed by atoms with E-state index in [4.69, 9.17) is 5.84 Å². The quantitative estimate of drug-likeness (QED) is 0.638. The fraction of sp³-hybridized carbons (Fsp3) is 0.357. The molecule has 0 aromatic carbocycles. The summed E-state index contributed by atoms with van der Waals surface area (Å²) in [6, 6.07) is 4.02. The van der Waals surface area contributed by atoms with Crippen molar-refractivity contribution < 1.29 is 0 Å². The van der Waals surface area contributed by atoms with E-state index < -0.39 is 0 Å². The minimum absolute atomic E-state index is 0.667.